The number of Topliss-reactive ketones (excluding diaryl/α,β-unsaturated/α-hetero) is 1. The molecule has 1 saturated heterocycles. The molecular weight excluding hydrogens is 336 g/mol. The van der Waals surface area contributed by atoms with Crippen molar-refractivity contribution in [1.29, 1.82) is 0 Å². The second kappa shape index (κ2) is 8.21. The molecule has 1 aliphatic heterocycles. The minimum absolute atomic E-state index is 0.102. The van der Waals surface area contributed by atoms with Crippen molar-refractivity contribution in [2.75, 3.05) is 19.6 Å². The summed E-state index contributed by atoms with van der Waals surface area (Å²) in [5.41, 5.74) is 0.252. The SMILES string of the molecule is CC(=O)[C@@H]1CN(C(=O)OC(C)(C)C)CCN1C(=O)OCc1ccccc1. The van der Waals surface area contributed by atoms with Crippen molar-refractivity contribution in [1.82, 2.24) is 9.80 Å². The van der Waals surface area contributed by atoms with Crippen LogP contribution in [0.3, 0.4) is 0 Å². The molecule has 0 aromatic heterocycles. The third kappa shape index (κ3) is 5.47. The van der Waals surface area contributed by atoms with Gasteiger partial charge in [-0.3, -0.25) is 9.69 Å². The molecule has 1 aromatic carbocycles. The third-order valence-corrected chi connectivity index (χ3v) is 3.94. The largest absolute Gasteiger partial charge is 0.445 e. The fourth-order valence-corrected chi connectivity index (χ4v) is 2.64. The number of benzene rings is 1. The molecule has 1 fully saturated rings. The molecule has 0 aliphatic carbocycles. The summed E-state index contributed by atoms with van der Waals surface area (Å²) in [6.07, 6.45) is -1.04. The van der Waals surface area contributed by atoms with Gasteiger partial charge in [0, 0.05) is 13.1 Å². The number of hydrogen-bond donors (Lipinski definition) is 0. The average Bonchev–Trinajstić information content (AvgIpc) is 2.58. The van der Waals surface area contributed by atoms with Gasteiger partial charge in [0.25, 0.3) is 0 Å². The van der Waals surface area contributed by atoms with Crippen LogP contribution in [0.2, 0.25) is 0 Å². The number of hydrogen-bond acceptors (Lipinski definition) is 5. The standard InChI is InChI=1S/C19H26N2O5/c1-14(22)16-12-20(17(23)26-19(2,3)4)10-11-21(16)18(24)25-13-15-8-6-5-7-9-15/h5-9,16H,10-13H2,1-4H3/t16-/m0/s1. The first-order valence-electron chi connectivity index (χ1n) is 8.63. The highest BCUT2D eigenvalue weighted by atomic mass is 16.6. The minimum atomic E-state index is -0.737. The van der Waals surface area contributed by atoms with Gasteiger partial charge in [-0.25, -0.2) is 9.59 Å². The topological polar surface area (TPSA) is 76.2 Å². The molecule has 2 rings (SSSR count). The van der Waals surface area contributed by atoms with Gasteiger partial charge in [-0.2, -0.15) is 0 Å². The summed E-state index contributed by atoms with van der Waals surface area (Å²) < 4.78 is 10.7. The lowest BCUT2D eigenvalue weighted by Gasteiger charge is -2.39. The summed E-state index contributed by atoms with van der Waals surface area (Å²) in [5, 5.41) is 0. The number of nitrogens with zero attached hydrogens (tertiary/aromatic N) is 2. The zero-order chi connectivity index (χ0) is 19.3. The Labute approximate surface area is 153 Å². The van der Waals surface area contributed by atoms with Gasteiger partial charge < -0.3 is 14.4 Å². The van der Waals surface area contributed by atoms with Gasteiger partial charge in [0.1, 0.15) is 18.2 Å². The molecule has 0 unspecified atom stereocenters. The number of ether oxygens (including phenoxy) is 2. The molecule has 2 amide bonds. The van der Waals surface area contributed by atoms with Gasteiger partial charge in [0.15, 0.2) is 5.78 Å². The van der Waals surface area contributed by atoms with E-state index in [9.17, 15) is 14.4 Å². The number of carbonyl (C=O) groups excluding carboxylic acids is 3. The molecule has 1 aliphatic rings. The highest BCUT2D eigenvalue weighted by Crippen LogP contribution is 2.17. The lowest BCUT2D eigenvalue weighted by molar-refractivity contribution is -0.123. The van der Waals surface area contributed by atoms with E-state index in [-0.39, 0.29) is 25.5 Å². The predicted molar refractivity (Wildman–Crippen MR) is 95.6 cm³/mol. The van der Waals surface area contributed by atoms with Crippen LogP contribution in [-0.2, 0) is 20.9 Å². The first kappa shape index (κ1) is 19.8. The zero-order valence-electron chi connectivity index (χ0n) is 15.7. The fraction of sp³-hybridized carbons (Fsp3) is 0.526. The van der Waals surface area contributed by atoms with Crippen LogP contribution < -0.4 is 0 Å². The number of amides is 2. The Morgan fingerprint density at radius 3 is 2.31 bits per heavy atom. The predicted octanol–water partition coefficient (Wildman–Crippen LogP) is 2.83. The quantitative estimate of drug-likeness (QED) is 0.826. The Hall–Kier alpha value is -2.57. The molecule has 1 aromatic rings. The van der Waals surface area contributed by atoms with Crippen molar-refractivity contribution in [2.24, 2.45) is 0 Å². The van der Waals surface area contributed by atoms with Gasteiger partial charge in [-0.15, -0.1) is 0 Å². The monoisotopic (exact) mass is 362 g/mol. The van der Waals surface area contributed by atoms with Crippen molar-refractivity contribution >= 4 is 18.0 Å². The summed E-state index contributed by atoms with van der Waals surface area (Å²) in [7, 11) is 0. The normalized spacial score (nSPS) is 17.6. The lowest BCUT2D eigenvalue weighted by Crippen LogP contribution is -2.59. The molecule has 26 heavy (non-hydrogen) atoms. The van der Waals surface area contributed by atoms with Crippen LogP contribution in [0.5, 0.6) is 0 Å². The molecule has 0 bridgehead atoms. The summed E-state index contributed by atoms with van der Waals surface area (Å²) in [4.78, 5) is 39.5. The van der Waals surface area contributed by atoms with Crippen LogP contribution in [-0.4, -0.2) is 59.0 Å². The molecule has 1 atom stereocenters. The van der Waals surface area contributed by atoms with Crippen LogP contribution in [0.4, 0.5) is 9.59 Å². The smallest absolute Gasteiger partial charge is 0.410 e. The summed E-state index contributed by atoms with van der Waals surface area (Å²) in [6.45, 7) is 7.50. The van der Waals surface area contributed by atoms with Gasteiger partial charge in [-0.1, -0.05) is 30.3 Å². The van der Waals surface area contributed by atoms with Crippen LogP contribution in [0.25, 0.3) is 0 Å². The van der Waals surface area contributed by atoms with Crippen molar-refractivity contribution in [3.05, 3.63) is 35.9 Å². The molecular formula is C19H26N2O5. The van der Waals surface area contributed by atoms with E-state index in [1.54, 1.807) is 20.8 Å². The van der Waals surface area contributed by atoms with E-state index < -0.39 is 23.8 Å². The van der Waals surface area contributed by atoms with Crippen molar-refractivity contribution in [2.45, 2.75) is 45.9 Å². The maximum Gasteiger partial charge on any atom is 0.410 e. The Morgan fingerprint density at radius 2 is 1.73 bits per heavy atom. The Kier molecular flexibility index (Phi) is 6.23. The van der Waals surface area contributed by atoms with Gasteiger partial charge >= 0.3 is 12.2 Å². The maximum absolute atomic E-state index is 12.4. The van der Waals surface area contributed by atoms with Crippen molar-refractivity contribution < 1.29 is 23.9 Å². The van der Waals surface area contributed by atoms with E-state index in [0.717, 1.165) is 5.56 Å². The Morgan fingerprint density at radius 1 is 1.08 bits per heavy atom. The van der Waals surface area contributed by atoms with E-state index >= 15 is 0 Å². The van der Waals surface area contributed by atoms with Crippen LogP contribution in [0.1, 0.15) is 33.3 Å². The number of piperazine rings is 1. The van der Waals surface area contributed by atoms with Gasteiger partial charge in [0.2, 0.25) is 0 Å². The van der Waals surface area contributed by atoms with Crippen LogP contribution in [0, 0.1) is 0 Å². The van der Waals surface area contributed by atoms with Gasteiger partial charge in [-0.05, 0) is 33.3 Å². The maximum atomic E-state index is 12.4. The summed E-state index contributed by atoms with van der Waals surface area (Å²) in [6, 6.07) is 8.58. The summed E-state index contributed by atoms with van der Waals surface area (Å²) in [5.74, 6) is -0.199. The molecule has 142 valence electrons. The molecule has 0 spiro atoms. The fourth-order valence-electron chi connectivity index (χ4n) is 2.64. The Bertz CT molecular complexity index is 654. The van der Waals surface area contributed by atoms with E-state index in [0.29, 0.717) is 6.54 Å². The Balaban J connectivity index is 1.98. The number of ketones is 1. The molecule has 1 heterocycles. The van der Waals surface area contributed by atoms with E-state index in [2.05, 4.69) is 0 Å². The first-order valence-corrected chi connectivity index (χ1v) is 8.63. The summed E-state index contributed by atoms with van der Waals surface area (Å²) >= 11 is 0. The van der Waals surface area contributed by atoms with E-state index in [4.69, 9.17) is 9.47 Å². The van der Waals surface area contributed by atoms with Crippen LogP contribution >= 0.6 is 0 Å². The van der Waals surface area contributed by atoms with Gasteiger partial charge in [0.05, 0.1) is 6.54 Å². The van der Waals surface area contributed by atoms with Crippen molar-refractivity contribution in [3.8, 4) is 0 Å². The number of rotatable bonds is 3. The number of carbonyl (C=O) groups is 3. The second-order valence-electron chi connectivity index (χ2n) is 7.29. The highest BCUT2D eigenvalue weighted by Gasteiger charge is 2.37. The highest BCUT2D eigenvalue weighted by molar-refractivity contribution is 5.86. The minimum Gasteiger partial charge on any atom is -0.445 e. The average molecular weight is 362 g/mol. The second-order valence-corrected chi connectivity index (χ2v) is 7.29. The van der Waals surface area contributed by atoms with E-state index in [1.165, 1.54) is 16.7 Å². The zero-order valence-corrected chi connectivity index (χ0v) is 15.7. The molecule has 7 heteroatoms. The van der Waals surface area contributed by atoms with E-state index in [1.807, 2.05) is 30.3 Å². The third-order valence-electron chi connectivity index (χ3n) is 3.94. The molecule has 7 nitrogen and oxygen atoms in total. The first-order chi connectivity index (χ1) is 12.2. The molecule has 0 saturated carbocycles. The molecule has 0 radical (unpaired) electrons. The van der Waals surface area contributed by atoms with Crippen molar-refractivity contribution in [3.63, 3.8) is 0 Å². The molecule has 0 N–H and O–H groups in total. The van der Waals surface area contributed by atoms with Crippen LogP contribution in [0.15, 0.2) is 30.3 Å². The lowest BCUT2D eigenvalue weighted by atomic mass is 10.1.